The van der Waals surface area contributed by atoms with Gasteiger partial charge < -0.3 is 10.2 Å². The fraction of sp³-hybridized carbons (Fsp3) is 0.208. The van der Waals surface area contributed by atoms with E-state index in [1.165, 1.54) is 5.56 Å². The number of carbonyl (C=O) groups excluding carboxylic acids is 1. The lowest BCUT2D eigenvalue weighted by Gasteiger charge is -2.25. The smallest absolute Gasteiger partial charge is 0.357 e. The predicted octanol–water partition coefficient (Wildman–Crippen LogP) is 4.50. The lowest BCUT2D eigenvalue weighted by molar-refractivity contribution is -0.115. The Morgan fingerprint density at radius 3 is 2.00 bits per heavy atom. The molecule has 5 heteroatoms. The van der Waals surface area contributed by atoms with Gasteiger partial charge in [-0.05, 0) is 41.0 Å². The highest BCUT2D eigenvalue weighted by Crippen LogP contribution is 2.32. The van der Waals surface area contributed by atoms with Gasteiger partial charge >= 0.3 is 5.97 Å². The number of piperazine rings is 1. The van der Waals surface area contributed by atoms with Gasteiger partial charge in [-0.3, -0.25) is 0 Å². The zero-order chi connectivity index (χ0) is 20.1. The first-order valence-corrected chi connectivity index (χ1v) is 10.2. The fourth-order valence-corrected chi connectivity index (χ4v) is 3.72. The fourth-order valence-electron chi connectivity index (χ4n) is 3.60. The highest BCUT2D eigenvalue weighted by molar-refractivity contribution is 6.30. The van der Waals surface area contributed by atoms with Crippen molar-refractivity contribution in [3.63, 3.8) is 0 Å². The Morgan fingerprint density at radius 2 is 1.38 bits per heavy atom. The molecule has 0 amide bonds. The van der Waals surface area contributed by atoms with Crippen molar-refractivity contribution < 1.29 is 9.63 Å². The monoisotopic (exact) mass is 406 g/mol. The van der Waals surface area contributed by atoms with Gasteiger partial charge in [-0.1, -0.05) is 66.2 Å². The Hall–Kier alpha value is -2.66. The van der Waals surface area contributed by atoms with Crippen LogP contribution in [0.4, 0.5) is 0 Å². The summed E-state index contributed by atoms with van der Waals surface area (Å²) in [6.45, 7) is 3.06. The van der Waals surface area contributed by atoms with Crippen molar-refractivity contribution in [1.29, 1.82) is 0 Å². The second-order valence-corrected chi connectivity index (χ2v) is 7.51. The van der Waals surface area contributed by atoms with E-state index in [1.54, 1.807) is 5.06 Å². The first-order chi connectivity index (χ1) is 14.2. The van der Waals surface area contributed by atoms with Crippen molar-refractivity contribution in [2.45, 2.75) is 5.92 Å². The second-order valence-electron chi connectivity index (χ2n) is 7.08. The summed E-state index contributed by atoms with van der Waals surface area (Å²) in [5.74, 6) is -0.257. The molecule has 1 aliphatic rings. The van der Waals surface area contributed by atoms with E-state index in [4.69, 9.17) is 16.4 Å². The number of carbonyl (C=O) groups is 1. The molecule has 1 N–H and O–H groups in total. The van der Waals surface area contributed by atoms with Gasteiger partial charge in [-0.25, -0.2) is 4.79 Å². The molecule has 0 saturated carbocycles. The summed E-state index contributed by atoms with van der Waals surface area (Å²) in [4.78, 5) is 18.0. The van der Waals surface area contributed by atoms with Crippen molar-refractivity contribution in [3.8, 4) is 0 Å². The van der Waals surface area contributed by atoms with Crippen LogP contribution in [0.3, 0.4) is 0 Å². The molecule has 1 heterocycles. The third kappa shape index (κ3) is 4.85. The molecule has 1 atom stereocenters. The van der Waals surface area contributed by atoms with Crippen LogP contribution in [0.2, 0.25) is 5.02 Å². The van der Waals surface area contributed by atoms with Gasteiger partial charge in [0.1, 0.15) is 0 Å². The molecule has 29 heavy (non-hydrogen) atoms. The van der Waals surface area contributed by atoms with Crippen LogP contribution in [-0.2, 0) is 4.84 Å². The quantitative estimate of drug-likeness (QED) is 0.633. The minimum atomic E-state index is -0.318. The van der Waals surface area contributed by atoms with Crippen LogP contribution in [0.5, 0.6) is 0 Å². The first-order valence-electron chi connectivity index (χ1n) is 9.79. The molecule has 4 nitrogen and oxygen atoms in total. The number of hydroxylamine groups is 2. The lowest BCUT2D eigenvalue weighted by atomic mass is 9.85. The average molecular weight is 407 g/mol. The van der Waals surface area contributed by atoms with Gasteiger partial charge in [0.2, 0.25) is 0 Å². The summed E-state index contributed by atoms with van der Waals surface area (Å²) in [5.41, 5.74) is 4.00. The molecule has 4 rings (SSSR count). The van der Waals surface area contributed by atoms with Crippen LogP contribution >= 0.6 is 11.6 Å². The van der Waals surface area contributed by atoms with Gasteiger partial charge in [-0.2, -0.15) is 0 Å². The molecule has 1 unspecified atom stereocenters. The van der Waals surface area contributed by atoms with Crippen LogP contribution < -0.4 is 5.32 Å². The Bertz CT molecular complexity index is 937. The van der Waals surface area contributed by atoms with E-state index < -0.39 is 0 Å². The Labute approximate surface area is 176 Å². The van der Waals surface area contributed by atoms with E-state index in [-0.39, 0.29) is 11.9 Å². The maximum atomic E-state index is 12.5. The molecular formula is C24H23ClN2O2. The normalized spacial score (nSPS) is 15.6. The number of hydrogen-bond donors (Lipinski definition) is 1. The number of nitrogens with one attached hydrogen (secondary N) is 1. The standard InChI is InChI=1S/C24H23ClN2O2/c25-22-12-10-20(11-13-22)23(18-4-2-1-3-5-18)19-6-8-21(9-7-19)24(28)29-27-16-14-26-15-17-27/h1-13,23,26H,14-17H2. The van der Waals surface area contributed by atoms with Gasteiger partial charge in [0.05, 0.1) is 5.56 Å². The maximum absolute atomic E-state index is 12.5. The van der Waals surface area contributed by atoms with E-state index in [1.807, 2.05) is 66.7 Å². The van der Waals surface area contributed by atoms with Gasteiger partial charge in [0.15, 0.2) is 0 Å². The van der Waals surface area contributed by atoms with E-state index in [0.717, 1.165) is 24.2 Å². The third-order valence-electron chi connectivity index (χ3n) is 5.10. The van der Waals surface area contributed by atoms with Crippen molar-refractivity contribution in [3.05, 3.63) is 106 Å². The van der Waals surface area contributed by atoms with Crippen molar-refractivity contribution in [1.82, 2.24) is 10.4 Å². The molecule has 148 valence electrons. The molecule has 0 bridgehead atoms. The van der Waals surface area contributed by atoms with Gasteiger partial charge in [0, 0.05) is 37.1 Å². The number of benzene rings is 3. The van der Waals surface area contributed by atoms with Gasteiger partial charge in [0.25, 0.3) is 0 Å². The third-order valence-corrected chi connectivity index (χ3v) is 5.36. The molecule has 1 saturated heterocycles. The average Bonchev–Trinajstić information content (AvgIpc) is 2.77. The van der Waals surface area contributed by atoms with Crippen LogP contribution in [0.15, 0.2) is 78.9 Å². The summed E-state index contributed by atoms with van der Waals surface area (Å²) in [6, 6.07) is 25.9. The topological polar surface area (TPSA) is 41.6 Å². The highest BCUT2D eigenvalue weighted by Gasteiger charge is 2.19. The molecule has 3 aromatic rings. The molecule has 0 radical (unpaired) electrons. The van der Waals surface area contributed by atoms with Crippen LogP contribution in [0, 0.1) is 0 Å². The van der Waals surface area contributed by atoms with Crippen molar-refractivity contribution in [2.75, 3.05) is 26.2 Å². The van der Waals surface area contributed by atoms with Crippen LogP contribution in [0.25, 0.3) is 0 Å². The summed E-state index contributed by atoms with van der Waals surface area (Å²) >= 11 is 6.08. The molecule has 0 aliphatic carbocycles. The molecule has 0 spiro atoms. The molecule has 3 aromatic carbocycles. The Kier molecular flexibility index (Phi) is 6.25. The van der Waals surface area contributed by atoms with Crippen molar-refractivity contribution in [2.24, 2.45) is 0 Å². The molecule has 0 aromatic heterocycles. The zero-order valence-corrected chi connectivity index (χ0v) is 16.8. The number of rotatable bonds is 5. The number of hydrogen-bond acceptors (Lipinski definition) is 4. The first kappa shape index (κ1) is 19.6. The van der Waals surface area contributed by atoms with Crippen LogP contribution in [0.1, 0.15) is 33.0 Å². The Morgan fingerprint density at radius 1 is 0.828 bits per heavy atom. The lowest BCUT2D eigenvalue weighted by Crippen LogP contribution is -2.44. The summed E-state index contributed by atoms with van der Waals surface area (Å²) in [6.07, 6.45) is 0. The number of nitrogens with zero attached hydrogens (tertiary/aromatic N) is 1. The summed E-state index contributed by atoms with van der Waals surface area (Å²) in [7, 11) is 0. The Balaban J connectivity index is 1.58. The minimum absolute atomic E-state index is 0.0618. The maximum Gasteiger partial charge on any atom is 0.357 e. The largest absolute Gasteiger partial charge is 0.364 e. The summed E-state index contributed by atoms with van der Waals surface area (Å²) in [5, 5.41) is 5.67. The second kappa shape index (κ2) is 9.23. The van der Waals surface area contributed by atoms with Crippen molar-refractivity contribution >= 4 is 17.6 Å². The van der Waals surface area contributed by atoms with E-state index >= 15 is 0 Å². The highest BCUT2D eigenvalue weighted by atomic mass is 35.5. The minimum Gasteiger partial charge on any atom is -0.364 e. The predicted molar refractivity (Wildman–Crippen MR) is 115 cm³/mol. The molecule has 1 aliphatic heterocycles. The van der Waals surface area contributed by atoms with Crippen LogP contribution in [-0.4, -0.2) is 37.2 Å². The molecular weight excluding hydrogens is 384 g/mol. The van der Waals surface area contributed by atoms with Gasteiger partial charge in [-0.15, -0.1) is 5.06 Å². The van der Waals surface area contributed by atoms with E-state index in [2.05, 4.69) is 17.4 Å². The van der Waals surface area contributed by atoms with E-state index in [9.17, 15) is 4.79 Å². The summed E-state index contributed by atoms with van der Waals surface area (Å²) < 4.78 is 0. The molecule has 1 fully saturated rings. The van der Waals surface area contributed by atoms with E-state index in [0.29, 0.717) is 23.7 Å². The number of halogens is 1. The zero-order valence-electron chi connectivity index (χ0n) is 16.1. The SMILES string of the molecule is O=C(ON1CCNCC1)c1ccc(C(c2ccccc2)c2ccc(Cl)cc2)cc1.